The Morgan fingerprint density at radius 2 is 1.84 bits per heavy atom. The first-order valence-corrected chi connectivity index (χ1v) is 8.89. The van der Waals surface area contributed by atoms with Gasteiger partial charge in [0.1, 0.15) is 5.82 Å². The fraction of sp³-hybridized carbons (Fsp3) is 0.417. The van der Waals surface area contributed by atoms with E-state index in [0.717, 1.165) is 6.07 Å². The maximum Gasteiger partial charge on any atom is 0.419 e. The summed E-state index contributed by atoms with van der Waals surface area (Å²) in [5.41, 5.74) is -1.37. The largest absolute Gasteiger partial charge is 0.419 e. The van der Waals surface area contributed by atoms with Crippen molar-refractivity contribution in [3.63, 3.8) is 0 Å². The minimum atomic E-state index is -4.79. The molecule has 0 saturated carbocycles. The van der Waals surface area contributed by atoms with Crippen LogP contribution in [0.3, 0.4) is 0 Å². The van der Waals surface area contributed by atoms with E-state index >= 15 is 0 Å². The highest BCUT2D eigenvalue weighted by Gasteiger charge is 2.35. The molecule has 1 aromatic rings. The molecule has 0 aromatic heterocycles. The Morgan fingerprint density at radius 3 is 2.26 bits per heavy atom. The van der Waals surface area contributed by atoms with Crippen molar-refractivity contribution in [1.82, 2.24) is 0 Å². The minimum Gasteiger partial charge on any atom is -0.399 e. The van der Waals surface area contributed by atoms with Gasteiger partial charge in [-0.15, -0.1) is 0 Å². The second kappa shape index (κ2) is 5.31. The topological polar surface area (TPSA) is 33.0 Å². The maximum atomic E-state index is 13.1. The zero-order chi connectivity index (χ0) is 14.8. The lowest BCUT2D eigenvalue weighted by molar-refractivity contribution is -0.140. The predicted molar refractivity (Wildman–Crippen MR) is 64.2 cm³/mol. The lowest BCUT2D eigenvalue weighted by Gasteiger charge is -2.22. The second-order valence-electron chi connectivity index (χ2n) is 4.98. The molecule has 0 fully saturated rings. The van der Waals surface area contributed by atoms with Crippen LogP contribution in [0, 0.1) is 17.1 Å². The third kappa shape index (κ3) is 4.33. The first kappa shape index (κ1) is 15.7. The summed E-state index contributed by atoms with van der Waals surface area (Å²) in [5, 5.41) is 8.98. The SMILES string of the molecule is C[Si](C)(C)OC(C#N)c1ccc(F)c(C(F)(F)F)c1. The van der Waals surface area contributed by atoms with Crippen LogP contribution in [0.1, 0.15) is 17.2 Å². The molecule has 0 aliphatic carbocycles. The van der Waals surface area contributed by atoms with Crippen molar-refractivity contribution in [2.24, 2.45) is 0 Å². The van der Waals surface area contributed by atoms with Gasteiger partial charge >= 0.3 is 6.18 Å². The van der Waals surface area contributed by atoms with Crippen LogP contribution >= 0.6 is 0 Å². The van der Waals surface area contributed by atoms with E-state index in [0.29, 0.717) is 12.1 Å². The summed E-state index contributed by atoms with van der Waals surface area (Å²) in [4.78, 5) is 0. The van der Waals surface area contributed by atoms with Crippen LogP contribution in [-0.4, -0.2) is 8.32 Å². The van der Waals surface area contributed by atoms with Crippen molar-refractivity contribution >= 4 is 8.32 Å². The first-order chi connectivity index (χ1) is 8.54. The predicted octanol–water partition coefficient (Wildman–Crippen LogP) is 4.26. The van der Waals surface area contributed by atoms with Crippen molar-refractivity contribution in [2.45, 2.75) is 31.9 Å². The molecule has 19 heavy (non-hydrogen) atoms. The van der Waals surface area contributed by atoms with Crippen LogP contribution in [0.25, 0.3) is 0 Å². The zero-order valence-electron chi connectivity index (χ0n) is 10.7. The second-order valence-corrected chi connectivity index (χ2v) is 9.44. The molecule has 2 nitrogen and oxygen atoms in total. The quantitative estimate of drug-likeness (QED) is 0.615. The molecule has 7 heteroatoms. The number of hydrogen-bond donors (Lipinski definition) is 0. The Labute approximate surface area is 109 Å². The third-order valence-electron chi connectivity index (χ3n) is 2.19. The Bertz CT molecular complexity index is 502. The number of benzene rings is 1. The zero-order valence-corrected chi connectivity index (χ0v) is 11.7. The highest BCUT2D eigenvalue weighted by molar-refractivity contribution is 6.69. The number of halogens is 4. The molecule has 0 aliphatic rings. The van der Waals surface area contributed by atoms with Crippen LogP contribution in [0.5, 0.6) is 0 Å². The van der Waals surface area contributed by atoms with Crippen LogP contribution in [-0.2, 0) is 10.6 Å². The molecule has 1 unspecified atom stereocenters. The van der Waals surface area contributed by atoms with Gasteiger partial charge in [0.2, 0.25) is 0 Å². The number of hydrogen-bond acceptors (Lipinski definition) is 2. The molecular formula is C12H13F4NOSi. The lowest BCUT2D eigenvalue weighted by atomic mass is 10.1. The Morgan fingerprint density at radius 1 is 1.26 bits per heavy atom. The summed E-state index contributed by atoms with van der Waals surface area (Å²) >= 11 is 0. The van der Waals surface area contributed by atoms with Gasteiger partial charge in [-0.25, -0.2) is 4.39 Å². The Balaban J connectivity index is 3.18. The van der Waals surface area contributed by atoms with Crippen molar-refractivity contribution in [3.8, 4) is 6.07 Å². The molecule has 1 aromatic carbocycles. The molecule has 0 bridgehead atoms. The summed E-state index contributed by atoms with van der Waals surface area (Å²) in [6.07, 6.45) is -5.91. The number of nitrogens with zero attached hydrogens (tertiary/aromatic N) is 1. The van der Waals surface area contributed by atoms with Crippen molar-refractivity contribution in [1.29, 1.82) is 5.26 Å². The Hall–Kier alpha value is -1.39. The molecule has 1 atom stereocenters. The van der Waals surface area contributed by atoms with E-state index < -0.39 is 32.0 Å². The van der Waals surface area contributed by atoms with Crippen LogP contribution in [0.15, 0.2) is 18.2 Å². The van der Waals surface area contributed by atoms with Gasteiger partial charge in [0.15, 0.2) is 14.4 Å². The average Bonchev–Trinajstić information content (AvgIpc) is 2.24. The van der Waals surface area contributed by atoms with Gasteiger partial charge < -0.3 is 4.43 Å². The highest BCUT2D eigenvalue weighted by atomic mass is 28.4. The molecule has 0 spiro atoms. The van der Waals surface area contributed by atoms with E-state index in [1.807, 2.05) is 19.6 Å². The minimum absolute atomic E-state index is 0.0126. The van der Waals surface area contributed by atoms with Gasteiger partial charge in [-0.2, -0.15) is 18.4 Å². The number of rotatable bonds is 3. The van der Waals surface area contributed by atoms with E-state index in [1.165, 1.54) is 0 Å². The molecule has 0 saturated heterocycles. The van der Waals surface area contributed by atoms with Crippen molar-refractivity contribution in [3.05, 3.63) is 35.1 Å². The van der Waals surface area contributed by atoms with Crippen LogP contribution < -0.4 is 0 Å². The summed E-state index contributed by atoms with van der Waals surface area (Å²) in [6, 6.07) is 4.27. The van der Waals surface area contributed by atoms with E-state index in [4.69, 9.17) is 9.69 Å². The monoisotopic (exact) mass is 291 g/mol. The smallest absolute Gasteiger partial charge is 0.399 e. The fourth-order valence-electron chi connectivity index (χ4n) is 1.45. The first-order valence-electron chi connectivity index (χ1n) is 5.48. The highest BCUT2D eigenvalue weighted by Crippen LogP contribution is 2.34. The lowest BCUT2D eigenvalue weighted by Crippen LogP contribution is -2.27. The molecule has 0 heterocycles. The van der Waals surface area contributed by atoms with E-state index in [-0.39, 0.29) is 5.56 Å². The standard InChI is InChI=1S/C12H13F4NOSi/c1-19(2,3)18-11(7-17)8-4-5-10(13)9(6-8)12(14,15)16/h4-6,11H,1-3H3. The van der Waals surface area contributed by atoms with Crippen molar-refractivity contribution < 1.29 is 22.0 Å². The molecule has 0 aliphatic heterocycles. The van der Waals surface area contributed by atoms with Gasteiger partial charge in [0, 0.05) is 0 Å². The normalized spacial score (nSPS) is 14.0. The van der Waals surface area contributed by atoms with E-state index in [1.54, 1.807) is 6.07 Å². The molecule has 1 rings (SSSR count). The van der Waals surface area contributed by atoms with Gasteiger partial charge in [0.25, 0.3) is 0 Å². The van der Waals surface area contributed by atoms with Gasteiger partial charge in [0.05, 0.1) is 11.6 Å². The van der Waals surface area contributed by atoms with Gasteiger partial charge in [-0.05, 0) is 37.3 Å². The Kier molecular flexibility index (Phi) is 4.38. The summed E-state index contributed by atoms with van der Waals surface area (Å²) < 4.78 is 56.3. The summed E-state index contributed by atoms with van der Waals surface area (Å²) in [5.74, 6) is -1.36. The van der Waals surface area contributed by atoms with Gasteiger partial charge in [-0.1, -0.05) is 6.07 Å². The van der Waals surface area contributed by atoms with Crippen LogP contribution in [0.2, 0.25) is 19.6 Å². The molecule has 104 valence electrons. The summed E-state index contributed by atoms with van der Waals surface area (Å²) in [7, 11) is -2.10. The number of alkyl halides is 3. The van der Waals surface area contributed by atoms with E-state index in [2.05, 4.69) is 0 Å². The average molecular weight is 291 g/mol. The molecule has 0 radical (unpaired) electrons. The number of nitriles is 1. The molecular weight excluding hydrogens is 278 g/mol. The molecule has 0 amide bonds. The van der Waals surface area contributed by atoms with Crippen molar-refractivity contribution in [2.75, 3.05) is 0 Å². The van der Waals surface area contributed by atoms with Gasteiger partial charge in [-0.3, -0.25) is 0 Å². The molecule has 0 N–H and O–H groups in total. The third-order valence-corrected chi connectivity index (χ3v) is 3.13. The fourth-order valence-corrected chi connectivity index (χ4v) is 2.34. The summed E-state index contributed by atoms with van der Waals surface area (Å²) in [6.45, 7) is 5.43. The maximum absolute atomic E-state index is 13.1. The van der Waals surface area contributed by atoms with Crippen LogP contribution in [0.4, 0.5) is 17.6 Å². The van der Waals surface area contributed by atoms with E-state index in [9.17, 15) is 17.6 Å².